The van der Waals surface area contributed by atoms with Gasteiger partial charge in [-0.2, -0.15) is 0 Å². The molecule has 0 spiro atoms. The van der Waals surface area contributed by atoms with Crippen molar-refractivity contribution in [1.82, 2.24) is 4.90 Å². The van der Waals surface area contributed by atoms with E-state index in [9.17, 15) is 14.9 Å². The molecule has 0 bridgehead atoms. The molecular formula is C13H14BrClN2O3. The molecule has 7 heteroatoms. The fourth-order valence-corrected chi connectivity index (χ4v) is 3.09. The van der Waals surface area contributed by atoms with Crippen molar-refractivity contribution >= 4 is 39.1 Å². The minimum atomic E-state index is -0.501. The van der Waals surface area contributed by atoms with Crippen LogP contribution in [0.3, 0.4) is 0 Å². The number of hydrogen-bond acceptors (Lipinski definition) is 3. The molecule has 1 heterocycles. The molecule has 0 aliphatic carbocycles. The molecule has 0 radical (unpaired) electrons. The number of halogens is 2. The standard InChI is InChI=1S/C13H14BrClN2O3/c14-11-4-10(5-12(6-11)17(19)20)13(18)16-3-1-2-9(7-15)8-16/h4-6,9H,1-3,7-8H2. The fraction of sp³-hybridized carbons (Fsp3) is 0.462. The summed E-state index contributed by atoms with van der Waals surface area (Å²) in [5.74, 6) is 0.656. The van der Waals surface area contributed by atoms with Crippen molar-refractivity contribution in [3.8, 4) is 0 Å². The molecular weight excluding hydrogens is 348 g/mol. The van der Waals surface area contributed by atoms with Gasteiger partial charge in [0.25, 0.3) is 11.6 Å². The maximum Gasteiger partial charge on any atom is 0.271 e. The molecule has 0 aromatic heterocycles. The van der Waals surface area contributed by atoms with Gasteiger partial charge in [0, 0.05) is 41.1 Å². The lowest BCUT2D eigenvalue weighted by Gasteiger charge is -2.31. The van der Waals surface area contributed by atoms with Crippen LogP contribution in [0.2, 0.25) is 0 Å². The molecule has 1 aromatic rings. The minimum absolute atomic E-state index is 0.0892. The average molecular weight is 362 g/mol. The van der Waals surface area contributed by atoms with E-state index in [2.05, 4.69) is 15.9 Å². The van der Waals surface area contributed by atoms with Gasteiger partial charge in [-0.3, -0.25) is 14.9 Å². The molecule has 0 saturated carbocycles. The Balaban J connectivity index is 2.22. The summed E-state index contributed by atoms with van der Waals surface area (Å²) in [7, 11) is 0. The van der Waals surface area contributed by atoms with Crippen molar-refractivity contribution in [3.63, 3.8) is 0 Å². The largest absolute Gasteiger partial charge is 0.338 e. The van der Waals surface area contributed by atoms with Gasteiger partial charge in [-0.25, -0.2) is 0 Å². The number of hydrogen-bond donors (Lipinski definition) is 0. The first kappa shape index (κ1) is 15.3. The Labute approximate surface area is 130 Å². The molecule has 1 unspecified atom stereocenters. The lowest BCUT2D eigenvalue weighted by molar-refractivity contribution is -0.385. The summed E-state index contributed by atoms with van der Waals surface area (Å²) in [5.41, 5.74) is 0.245. The smallest absolute Gasteiger partial charge is 0.271 e. The Bertz CT molecular complexity index is 538. The van der Waals surface area contributed by atoms with Crippen LogP contribution in [0.25, 0.3) is 0 Å². The molecule has 1 aliphatic heterocycles. The van der Waals surface area contributed by atoms with Crippen molar-refractivity contribution in [2.24, 2.45) is 5.92 Å². The molecule has 1 atom stereocenters. The number of non-ortho nitro benzene ring substituents is 1. The maximum atomic E-state index is 12.4. The third kappa shape index (κ3) is 3.49. The van der Waals surface area contributed by atoms with Crippen LogP contribution in [-0.2, 0) is 0 Å². The summed E-state index contributed by atoms with van der Waals surface area (Å²) in [4.78, 5) is 24.5. The molecule has 1 fully saturated rings. The Morgan fingerprint density at radius 2 is 2.25 bits per heavy atom. The second kappa shape index (κ2) is 6.54. The number of alkyl halides is 1. The fourth-order valence-electron chi connectivity index (χ4n) is 2.36. The van der Waals surface area contributed by atoms with Gasteiger partial charge in [0.1, 0.15) is 0 Å². The summed E-state index contributed by atoms with van der Waals surface area (Å²) in [6.07, 6.45) is 1.94. The Morgan fingerprint density at radius 3 is 2.90 bits per heavy atom. The van der Waals surface area contributed by atoms with Gasteiger partial charge in [-0.1, -0.05) is 15.9 Å². The van der Waals surface area contributed by atoms with Gasteiger partial charge in [0.2, 0.25) is 0 Å². The molecule has 1 saturated heterocycles. The van der Waals surface area contributed by atoms with Gasteiger partial charge >= 0.3 is 0 Å². The third-order valence-electron chi connectivity index (χ3n) is 3.36. The predicted octanol–water partition coefficient (Wildman–Crippen LogP) is 3.45. The van der Waals surface area contributed by atoms with E-state index in [4.69, 9.17) is 11.6 Å². The van der Waals surface area contributed by atoms with Gasteiger partial charge < -0.3 is 4.90 Å². The summed E-state index contributed by atoms with van der Waals surface area (Å²) in [5, 5.41) is 10.8. The monoisotopic (exact) mass is 360 g/mol. The van der Waals surface area contributed by atoms with Crippen molar-refractivity contribution in [2.45, 2.75) is 12.8 Å². The summed E-state index contributed by atoms with van der Waals surface area (Å²) >= 11 is 9.06. The Morgan fingerprint density at radius 1 is 1.50 bits per heavy atom. The summed E-state index contributed by atoms with van der Waals surface area (Å²) < 4.78 is 0.529. The van der Waals surface area contributed by atoms with Crippen LogP contribution in [0.4, 0.5) is 5.69 Å². The zero-order valence-electron chi connectivity index (χ0n) is 10.7. The van der Waals surface area contributed by atoms with Gasteiger partial charge in [-0.05, 0) is 24.8 Å². The first-order valence-corrected chi connectivity index (χ1v) is 7.64. The highest BCUT2D eigenvalue weighted by atomic mass is 79.9. The highest BCUT2D eigenvalue weighted by Gasteiger charge is 2.25. The highest BCUT2D eigenvalue weighted by molar-refractivity contribution is 9.10. The van der Waals surface area contributed by atoms with E-state index >= 15 is 0 Å². The number of carbonyl (C=O) groups excluding carboxylic acids is 1. The zero-order chi connectivity index (χ0) is 14.7. The van der Waals surface area contributed by atoms with Crippen LogP contribution in [0.5, 0.6) is 0 Å². The first-order valence-electron chi connectivity index (χ1n) is 6.31. The maximum absolute atomic E-state index is 12.4. The molecule has 1 aliphatic rings. The van der Waals surface area contributed by atoms with E-state index in [0.717, 1.165) is 12.8 Å². The van der Waals surface area contributed by atoms with E-state index < -0.39 is 4.92 Å². The zero-order valence-corrected chi connectivity index (χ0v) is 13.1. The van der Waals surface area contributed by atoms with Crippen molar-refractivity contribution < 1.29 is 9.72 Å². The number of carbonyl (C=O) groups is 1. The number of benzene rings is 1. The molecule has 1 aromatic carbocycles. The first-order chi connectivity index (χ1) is 9.51. The van der Waals surface area contributed by atoms with E-state index in [1.807, 2.05) is 0 Å². The second-order valence-electron chi connectivity index (χ2n) is 4.87. The topological polar surface area (TPSA) is 63.4 Å². The second-order valence-corrected chi connectivity index (χ2v) is 6.09. The van der Waals surface area contributed by atoms with E-state index in [0.29, 0.717) is 34.9 Å². The molecule has 1 amide bonds. The average Bonchev–Trinajstić information content (AvgIpc) is 2.45. The van der Waals surface area contributed by atoms with E-state index in [1.54, 1.807) is 11.0 Å². The SMILES string of the molecule is O=C(c1cc(Br)cc([N+](=O)[O-])c1)N1CCCC(CCl)C1. The number of nitro groups is 1. The number of piperidine rings is 1. The predicted molar refractivity (Wildman–Crippen MR) is 80.1 cm³/mol. The van der Waals surface area contributed by atoms with Crippen molar-refractivity contribution in [2.75, 3.05) is 19.0 Å². The van der Waals surface area contributed by atoms with Crippen LogP contribution >= 0.6 is 27.5 Å². The van der Waals surface area contributed by atoms with Crippen molar-refractivity contribution in [1.29, 1.82) is 0 Å². The molecule has 5 nitrogen and oxygen atoms in total. The Kier molecular flexibility index (Phi) is 4.99. The number of nitrogens with zero attached hydrogens (tertiary/aromatic N) is 2. The van der Waals surface area contributed by atoms with Crippen LogP contribution in [0, 0.1) is 16.0 Å². The molecule has 0 N–H and O–H groups in total. The van der Waals surface area contributed by atoms with Crippen LogP contribution < -0.4 is 0 Å². The normalized spacial score (nSPS) is 18.9. The lowest BCUT2D eigenvalue weighted by atomic mass is 9.99. The summed E-state index contributed by atoms with van der Waals surface area (Å²) in [6.45, 7) is 1.29. The van der Waals surface area contributed by atoms with Gasteiger partial charge in [-0.15, -0.1) is 11.6 Å². The van der Waals surface area contributed by atoms with Gasteiger partial charge in [0.15, 0.2) is 0 Å². The quantitative estimate of drug-likeness (QED) is 0.470. The molecule has 2 rings (SSSR count). The Hall–Kier alpha value is -1.14. The summed E-state index contributed by atoms with van der Waals surface area (Å²) in [6, 6.07) is 4.31. The van der Waals surface area contributed by atoms with Crippen molar-refractivity contribution in [3.05, 3.63) is 38.3 Å². The number of likely N-dealkylation sites (tertiary alicyclic amines) is 1. The van der Waals surface area contributed by atoms with Gasteiger partial charge in [0.05, 0.1) is 4.92 Å². The van der Waals surface area contributed by atoms with E-state index in [-0.39, 0.29) is 11.6 Å². The third-order valence-corrected chi connectivity index (χ3v) is 4.26. The lowest BCUT2D eigenvalue weighted by Crippen LogP contribution is -2.40. The number of amides is 1. The minimum Gasteiger partial charge on any atom is -0.338 e. The highest BCUT2D eigenvalue weighted by Crippen LogP contribution is 2.24. The molecule has 108 valence electrons. The van der Waals surface area contributed by atoms with Crippen LogP contribution in [-0.4, -0.2) is 34.7 Å². The van der Waals surface area contributed by atoms with E-state index in [1.165, 1.54) is 12.1 Å². The number of rotatable bonds is 3. The number of nitro benzene ring substituents is 1. The van der Waals surface area contributed by atoms with Crippen LogP contribution in [0.1, 0.15) is 23.2 Å². The van der Waals surface area contributed by atoms with Crippen LogP contribution in [0.15, 0.2) is 22.7 Å². The molecule has 20 heavy (non-hydrogen) atoms.